The van der Waals surface area contributed by atoms with Crippen LogP contribution in [-0.2, 0) is 16.8 Å². The Hall–Kier alpha value is -0.940. The first-order valence-corrected chi connectivity index (χ1v) is 4.67. The highest BCUT2D eigenvalue weighted by Gasteiger charge is 2.20. The molecule has 1 aromatic heterocycles. The van der Waals surface area contributed by atoms with Gasteiger partial charge < -0.3 is 10.8 Å². The summed E-state index contributed by atoms with van der Waals surface area (Å²) >= 11 is 1.31. The van der Waals surface area contributed by atoms with E-state index in [1.807, 2.05) is 0 Å². The van der Waals surface area contributed by atoms with Crippen molar-refractivity contribution in [1.29, 1.82) is 0 Å². The minimum absolute atomic E-state index is 0.188. The Morgan fingerprint density at radius 2 is 2.38 bits per heavy atom. The van der Waals surface area contributed by atoms with Gasteiger partial charge >= 0.3 is 0 Å². The van der Waals surface area contributed by atoms with Crippen LogP contribution in [0.3, 0.4) is 0 Å². The third-order valence-corrected chi connectivity index (χ3v) is 2.74. The summed E-state index contributed by atoms with van der Waals surface area (Å²) in [6.07, 6.45) is 1.76. The van der Waals surface area contributed by atoms with Gasteiger partial charge in [0, 0.05) is 11.1 Å². The van der Waals surface area contributed by atoms with Gasteiger partial charge in [0.25, 0.3) is 0 Å². The van der Waals surface area contributed by atoms with E-state index in [1.165, 1.54) is 11.3 Å². The van der Waals surface area contributed by atoms with Crippen molar-refractivity contribution in [2.75, 3.05) is 0 Å². The third kappa shape index (κ3) is 2.78. The van der Waals surface area contributed by atoms with Crippen LogP contribution in [0.5, 0.6) is 0 Å². The molecule has 0 radical (unpaired) electrons. The SMILES string of the molecule is CC(C)(O)c1ncc(CC(N)=O)s1. The van der Waals surface area contributed by atoms with Crippen molar-refractivity contribution >= 4 is 17.2 Å². The first-order chi connectivity index (χ1) is 5.89. The highest BCUT2D eigenvalue weighted by Crippen LogP contribution is 2.24. The molecule has 0 aromatic carbocycles. The number of aromatic nitrogens is 1. The minimum atomic E-state index is -0.944. The molecule has 0 fully saturated rings. The maximum Gasteiger partial charge on any atom is 0.222 e. The van der Waals surface area contributed by atoms with Crippen LogP contribution in [0, 0.1) is 0 Å². The number of nitrogens with two attached hydrogens (primary N) is 1. The molecule has 0 saturated carbocycles. The number of nitrogens with zero attached hydrogens (tertiary/aromatic N) is 1. The van der Waals surface area contributed by atoms with Crippen LogP contribution in [-0.4, -0.2) is 16.0 Å². The quantitative estimate of drug-likeness (QED) is 0.741. The smallest absolute Gasteiger partial charge is 0.222 e. The van der Waals surface area contributed by atoms with E-state index >= 15 is 0 Å². The van der Waals surface area contributed by atoms with Gasteiger partial charge in [0.15, 0.2) is 0 Å². The zero-order valence-corrected chi connectivity index (χ0v) is 8.39. The van der Waals surface area contributed by atoms with Gasteiger partial charge in [-0.3, -0.25) is 4.79 Å². The first-order valence-electron chi connectivity index (χ1n) is 3.85. The third-order valence-electron chi connectivity index (χ3n) is 1.43. The molecule has 0 atom stereocenters. The van der Waals surface area contributed by atoms with Crippen LogP contribution >= 0.6 is 11.3 Å². The minimum Gasteiger partial charge on any atom is -0.383 e. The van der Waals surface area contributed by atoms with Crippen molar-refractivity contribution in [3.05, 3.63) is 16.1 Å². The summed E-state index contributed by atoms with van der Waals surface area (Å²) in [5.41, 5.74) is 4.08. The van der Waals surface area contributed by atoms with Crippen LogP contribution in [0.2, 0.25) is 0 Å². The number of hydrogen-bond acceptors (Lipinski definition) is 4. The van der Waals surface area contributed by atoms with Crippen molar-refractivity contribution in [3.63, 3.8) is 0 Å². The van der Waals surface area contributed by atoms with Gasteiger partial charge in [0.05, 0.1) is 6.42 Å². The highest BCUT2D eigenvalue weighted by atomic mass is 32.1. The van der Waals surface area contributed by atoms with E-state index in [9.17, 15) is 9.90 Å². The Morgan fingerprint density at radius 1 is 1.77 bits per heavy atom. The maximum absolute atomic E-state index is 10.6. The molecule has 4 nitrogen and oxygen atoms in total. The molecule has 1 heterocycles. The topological polar surface area (TPSA) is 76.2 Å². The van der Waals surface area contributed by atoms with Crippen molar-refractivity contribution in [2.45, 2.75) is 25.9 Å². The summed E-state index contributed by atoms with van der Waals surface area (Å²) < 4.78 is 0. The molecular weight excluding hydrogens is 188 g/mol. The van der Waals surface area contributed by atoms with Gasteiger partial charge in [-0.25, -0.2) is 4.98 Å². The van der Waals surface area contributed by atoms with Crippen LogP contribution in [0.1, 0.15) is 23.7 Å². The molecule has 1 amide bonds. The van der Waals surface area contributed by atoms with Crippen molar-refractivity contribution in [1.82, 2.24) is 4.98 Å². The van der Waals surface area contributed by atoms with E-state index in [-0.39, 0.29) is 12.3 Å². The molecular formula is C8H12N2O2S. The molecule has 3 N–H and O–H groups in total. The Labute approximate surface area is 80.4 Å². The molecule has 1 rings (SSSR count). The number of amides is 1. The standard InChI is InChI=1S/C8H12N2O2S/c1-8(2,12)7-10-4-5(13-7)3-6(9)11/h4,12H,3H2,1-2H3,(H2,9,11). The first kappa shape index (κ1) is 10.1. The van der Waals surface area contributed by atoms with Crippen LogP contribution in [0.15, 0.2) is 6.20 Å². The summed E-state index contributed by atoms with van der Waals surface area (Å²) in [6, 6.07) is 0. The zero-order chi connectivity index (χ0) is 10.1. The molecule has 0 aliphatic carbocycles. The van der Waals surface area contributed by atoms with Crippen LogP contribution in [0.4, 0.5) is 0 Å². The lowest BCUT2D eigenvalue weighted by atomic mass is 10.2. The Bertz CT molecular complexity index is 314. The molecule has 0 saturated heterocycles. The molecule has 0 unspecified atom stereocenters. The summed E-state index contributed by atoms with van der Waals surface area (Å²) in [7, 11) is 0. The second kappa shape index (κ2) is 3.43. The van der Waals surface area contributed by atoms with Gasteiger partial charge in [-0.05, 0) is 13.8 Å². The lowest BCUT2D eigenvalue weighted by Crippen LogP contribution is -2.14. The summed E-state index contributed by atoms with van der Waals surface area (Å²) in [5, 5.41) is 10.2. The fourth-order valence-electron chi connectivity index (χ4n) is 0.844. The summed E-state index contributed by atoms with van der Waals surface area (Å²) in [4.78, 5) is 15.3. The van der Waals surface area contributed by atoms with E-state index in [2.05, 4.69) is 4.98 Å². The number of rotatable bonds is 3. The van der Waals surface area contributed by atoms with Crippen molar-refractivity contribution in [3.8, 4) is 0 Å². The van der Waals surface area contributed by atoms with Crippen LogP contribution < -0.4 is 5.73 Å². The van der Waals surface area contributed by atoms with Crippen molar-refractivity contribution in [2.24, 2.45) is 5.73 Å². The van der Waals surface area contributed by atoms with Crippen LogP contribution in [0.25, 0.3) is 0 Å². The Kier molecular flexibility index (Phi) is 2.68. The molecule has 13 heavy (non-hydrogen) atoms. The van der Waals surface area contributed by atoms with E-state index in [0.29, 0.717) is 5.01 Å². The molecule has 0 bridgehead atoms. The molecule has 5 heteroatoms. The number of carbonyl (C=O) groups excluding carboxylic acids is 1. The monoisotopic (exact) mass is 200 g/mol. The van der Waals surface area contributed by atoms with E-state index in [0.717, 1.165) is 4.88 Å². The average Bonchev–Trinajstić information content (AvgIpc) is 2.32. The second-order valence-corrected chi connectivity index (χ2v) is 4.45. The van der Waals surface area contributed by atoms with E-state index in [4.69, 9.17) is 5.73 Å². The summed E-state index contributed by atoms with van der Waals surface area (Å²) in [6.45, 7) is 3.31. The van der Waals surface area contributed by atoms with Gasteiger partial charge in [0.2, 0.25) is 5.91 Å². The van der Waals surface area contributed by atoms with Gasteiger partial charge in [-0.15, -0.1) is 11.3 Å². The predicted molar refractivity (Wildman–Crippen MR) is 50.3 cm³/mol. The Balaban J connectivity index is 2.81. The normalized spacial score (nSPS) is 11.6. The van der Waals surface area contributed by atoms with Gasteiger partial charge in [-0.2, -0.15) is 0 Å². The second-order valence-electron chi connectivity index (χ2n) is 3.33. The van der Waals surface area contributed by atoms with E-state index < -0.39 is 5.60 Å². The highest BCUT2D eigenvalue weighted by molar-refractivity contribution is 7.11. The lowest BCUT2D eigenvalue weighted by molar-refractivity contribution is -0.117. The molecule has 0 aliphatic heterocycles. The predicted octanol–water partition coefficient (Wildman–Crippen LogP) is 0.398. The molecule has 1 aromatic rings. The maximum atomic E-state index is 10.6. The number of carbonyl (C=O) groups is 1. The molecule has 72 valence electrons. The number of aliphatic hydroxyl groups is 1. The Morgan fingerprint density at radius 3 is 2.77 bits per heavy atom. The molecule has 0 aliphatic rings. The number of primary amides is 1. The zero-order valence-electron chi connectivity index (χ0n) is 7.57. The van der Waals surface area contributed by atoms with Gasteiger partial charge in [-0.1, -0.05) is 0 Å². The van der Waals surface area contributed by atoms with Gasteiger partial charge in [0.1, 0.15) is 10.6 Å². The number of hydrogen-bond donors (Lipinski definition) is 2. The van der Waals surface area contributed by atoms with E-state index in [1.54, 1.807) is 20.0 Å². The average molecular weight is 200 g/mol. The summed E-state index contributed by atoms with van der Waals surface area (Å²) in [5.74, 6) is -0.383. The number of thiazole rings is 1. The molecule has 0 spiro atoms. The van der Waals surface area contributed by atoms with Crippen molar-refractivity contribution < 1.29 is 9.90 Å². The largest absolute Gasteiger partial charge is 0.383 e. The fourth-order valence-corrected chi connectivity index (χ4v) is 1.77. The fraction of sp³-hybridized carbons (Fsp3) is 0.500. The lowest BCUT2D eigenvalue weighted by Gasteiger charge is -2.12.